The molecule has 0 N–H and O–H groups in total. The Balaban J connectivity index is 2.60. The zero-order valence-corrected chi connectivity index (χ0v) is 11.3. The van der Waals surface area contributed by atoms with Gasteiger partial charge in [0.1, 0.15) is 0 Å². The SMILES string of the molecule is CSCCOC=C1CC(C)(C)C(C)=C1C. The third kappa shape index (κ3) is 3.04. The van der Waals surface area contributed by atoms with Crippen molar-refractivity contribution in [1.29, 1.82) is 0 Å². The Morgan fingerprint density at radius 3 is 2.53 bits per heavy atom. The molecule has 15 heavy (non-hydrogen) atoms. The van der Waals surface area contributed by atoms with Gasteiger partial charge in [-0.05, 0) is 43.1 Å². The van der Waals surface area contributed by atoms with Crippen LogP contribution in [0.1, 0.15) is 34.1 Å². The molecule has 0 saturated carbocycles. The zero-order valence-electron chi connectivity index (χ0n) is 10.5. The topological polar surface area (TPSA) is 9.23 Å². The molecule has 0 aromatic rings. The molecular formula is C13H22OS. The summed E-state index contributed by atoms with van der Waals surface area (Å²) in [5.74, 6) is 1.06. The molecule has 1 rings (SSSR count). The van der Waals surface area contributed by atoms with E-state index in [0.717, 1.165) is 18.8 Å². The van der Waals surface area contributed by atoms with Gasteiger partial charge >= 0.3 is 0 Å². The van der Waals surface area contributed by atoms with E-state index in [0.29, 0.717) is 5.41 Å². The van der Waals surface area contributed by atoms with Gasteiger partial charge in [0.05, 0.1) is 12.9 Å². The fourth-order valence-corrected chi connectivity index (χ4v) is 2.17. The zero-order chi connectivity index (χ0) is 11.5. The van der Waals surface area contributed by atoms with Crippen molar-refractivity contribution in [1.82, 2.24) is 0 Å². The van der Waals surface area contributed by atoms with E-state index in [-0.39, 0.29) is 0 Å². The fourth-order valence-electron chi connectivity index (χ4n) is 1.91. The smallest absolute Gasteiger partial charge is 0.0963 e. The second kappa shape index (κ2) is 5.11. The summed E-state index contributed by atoms with van der Waals surface area (Å²) in [4.78, 5) is 0. The maximum absolute atomic E-state index is 5.55. The van der Waals surface area contributed by atoms with Crippen LogP contribution in [0.3, 0.4) is 0 Å². The summed E-state index contributed by atoms with van der Waals surface area (Å²) < 4.78 is 5.55. The quantitative estimate of drug-likeness (QED) is 0.529. The van der Waals surface area contributed by atoms with E-state index in [4.69, 9.17) is 4.74 Å². The lowest BCUT2D eigenvalue weighted by Gasteiger charge is -2.18. The lowest BCUT2D eigenvalue weighted by Crippen LogP contribution is -2.07. The Kier molecular flexibility index (Phi) is 4.32. The Morgan fingerprint density at radius 1 is 1.40 bits per heavy atom. The average Bonchev–Trinajstić information content (AvgIpc) is 2.37. The van der Waals surface area contributed by atoms with Crippen molar-refractivity contribution in [2.24, 2.45) is 5.41 Å². The van der Waals surface area contributed by atoms with Crippen molar-refractivity contribution >= 4 is 11.8 Å². The van der Waals surface area contributed by atoms with Crippen molar-refractivity contribution in [3.05, 3.63) is 23.0 Å². The summed E-state index contributed by atoms with van der Waals surface area (Å²) in [6, 6.07) is 0. The predicted molar refractivity (Wildman–Crippen MR) is 69.2 cm³/mol. The minimum atomic E-state index is 0.318. The van der Waals surface area contributed by atoms with Crippen molar-refractivity contribution in [3.8, 4) is 0 Å². The second-order valence-electron chi connectivity index (χ2n) is 4.82. The largest absolute Gasteiger partial charge is 0.500 e. The standard InChI is InChI=1S/C13H22OS/c1-10-11(2)13(3,4)8-12(10)9-14-6-7-15-5/h9H,6-8H2,1-5H3. The maximum Gasteiger partial charge on any atom is 0.0963 e. The number of ether oxygens (including phenoxy) is 1. The molecule has 0 fully saturated rings. The first kappa shape index (κ1) is 12.7. The summed E-state index contributed by atoms with van der Waals surface area (Å²) in [6.07, 6.45) is 5.18. The molecule has 0 atom stereocenters. The van der Waals surface area contributed by atoms with Crippen LogP contribution in [0, 0.1) is 5.41 Å². The van der Waals surface area contributed by atoms with E-state index < -0.39 is 0 Å². The Labute approximate surface area is 98.0 Å². The first-order valence-electron chi connectivity index (χ1n) is 5.47. The van der Waals surface area contributed by atoms with Crippen molar-refractivity contribution in [2.45, 2.75) is 34.1 Å². The van der Waals surface area contributed by atoms with E-state index in [1.807, 2.05) is 18.0 Å². The summed E-state index contributed by atoms with van der Waals surface area (Å²) in [7, 11) is 0. The van der Waals surface area contributed by atoms with Crippen molar-refractivity contribution in [2.75, 3.05) is 18.6 Å². The van der Waals surface area contributed by atoms with Crippen LogP contribution in [0.4, 0.5) is 0 Å². The molecule has 0 aromatic heterocycles. The van der Waals surface area contributed by atoms with Gasteiger partial charge < -0.3 is 4.74 Å². The molecule has 0 saturated heterocycles. The highest BCUT2D eigenvalue weighted by molar-refractivity contribution is 7.98. The van der Waals surface area contributed by atoms with Gasteiger partial charge in [-0.2, -0.15) is 11.8 Å². The van der Waals surface area contributed by atoms with Crippen LogP contribution in [0.15, 0.2) is 23.0 Å². The van der Waals surface area contributed by atoms with Crippen LogP contribution in [-0.2, 0) is 4.74 Å². The van der Waals surface area contributed by atoms with Gasteiger partial charge in [0.15, 0.2) is 0 Å². The van der Waals surface area contributed by atoms with Gasteiger partial charge in [-0.15, -0.1) is 0 Å². The predicted octanol–water partition coefficient (Wildman–Crippen LogP) is 4.02. The third-order valence-electron chi connectivity index (χ3n) is 3.32. The van der Waals surface area contributed by atoms with Crippen LogP contribution in [0.2, 0.25) is 0 Å². The molecule has 0 bridgehead atoms. The highest BCUT2D eigenvalue weighted by Crippen LogP contribution is 2.44. The molecule has 0 heterocycles. The first-order chi connectivity index (χ1) is 6.99. The number of hydrogen-bond donors (Lipinski definition) is 0. The van der Waals surface area contributed by atoms with Gasteiger partial charge in [0, 0.05) is 5.75 Å². The third-order valence-corrected chi connectivity index (χ3v) is 3.90. The van der Waals surface area contributed by atoms with E-state index in [9.17, 15) is 0 Å². The lowest BCUT2D eigenvalue weighted by atomic mass is 9.86. The Bertz CT molecular complexity index is 287. The van der Waals surface area contributed by atoms with Crippen LogP contribution >= 0.6 is 11.8 Å². The Hall–Kier alpha value is -0.370. The Morgan fingerprint density at radius 2 is 2.07 bits per heavy atom. The summed E-state index contributed by atoms with van der Waals surface area (Å²) in [5, 5.41) is 0. The van der Waals surface area contributed by atoms with Crippen LogP contribution < -0.4 is 0 Å². The van der Waals surface area contributed by atoms with Crippen molar-refractivity contribution in [3.63, 3.8) is 0 Å². The van der Waals surface area contributed by atoms with Crippen LogP contribution in [0.25, 0.3) is 0 Å². The fraction of sp³-hybridized carbons (Fsp3) is 0.692. The maximum atomic E-state index is 5.55. The highest BCUT2D eigenvalue weighted by Gasteiger charge is 2.30. The molecule has 1 aliphatic carbocycles. The van der Waals surface area contributed by atoms with E-state index in [1.165, 1.54) is 16.7 Å². The molecule has 0 radical (unpaired) electrons. The van der Waals surface area contributed by atoms with Gasteiger partial charge in [-0.25, -0.2) is 0 Å². The first-order valence-corrected chi connectivity index (χ1v) is 6.86. The monoisotopic (exact) mass is 226 g/mol. The van der Waals surface area contributed by atoms with E-state index in [1.54, 1.807) is 0 Å². The van der Waals surface area contributed by atoms with Gasteiger partial charge in [-0.1, -0.05) is 19.4 Å². The summed E-state index contributed by atoms with van der Waals surface area (Å²) >= 11 is 1.82. The molecule has 0 spiro atoms. The van der Waals surface area contributed by atoms with Crippen LogP contribution in [0.5, 0.6) is 0 Å². The molecule has 2 heteroatoms. The number of thioether (sulfide) groups is 1. The molecule has 86 valence electrons. The molecule has 1 nitrogen and oxygen atoms in total. The second-order valence-corrected chi connectivity index (χ2v) is 5.80. The van der Waals surface area contributed by atoms with E-state index in [2.05, 4.69) is 34.0 Å². The van der Waals surface area contributed by atoms with E-state index >= 15 is 0 Å². The minimum absolute atomic E-state index is 0.318. The van der Waals surface area contributed by atoms with Gasteiger partial charge in [-0.3, -0.25) is 0 Å². The number of hydrogen-bond acceptors (Lipinski definition) is 2. The number of rotatable bonds is 4. The minimum Gasteiger partial charge on any atom is -0.500 e. The van der Waals surface area contributed by atoms with Gasteiger partial charge in [0.2, 0.25) is 0 Å². The molecule has 1 aliphatic rings. The normalized spacial score (nSPS) is 22.6. The molecule has 0 aliphatic heterocycles. The molecule has 0 unspecified atom stereocenters. The lowest BCUT2D eigenvalue weighted by molar-refractivity contribution is 0.268. The average molecular weight is 226 g/mol. The van der Waals surface area contributed by atoms with Crippen molar-refractivity contribution < 1.29 is 4.74 Å². The number of allylic oxidation sites excluding steroid dienone is 3. The van der Waals surface area contributed by atoms with Crippen LogP contribution in [-0.4, -0.2) is 18.6 Å². The van der Waals surface area contributed by atoms with Gasteiger partial charge in [0.25, 0.3) is 0 Å². The summed E-state index contributed by atoms with van der Waals surface area (Å²) in [6.45, 7) is 9.85. The highest BCUT2D eigenvalue weighted by atomic mass is 32.2. The summed E-state index contributed by atoms with van der Waals surface area (Å²) in [5.41, 5.74) is 4.61. The molecular weight excluding hydrogens is 204 g/mol. The molecule has 0 amide bonds. The molecule has 0 aromatic carbocycles.